The summed E-state index contributed by atoms with van der Waals surface area (Å²) in [6.45, 7) is 6.51. The van der Waals surface area contributed by atoms with E-state index >= 15 is 0 Å². The number of unbranched alkanes of at least 4 members (excludes halogenated alkanes) is 17. The van der Waals surface area contributed by atoms with E-state index in [4.69, 9.17) is 13.8 Å². The Bertz CT molecular complexity index is 1550. The molecule has 0 aromatic carbocycles. The molecule has 3 atom stereocenters. The summed E-state index contributed by atoms with van der Waals surface area (Å²) in [5, 5.41) is 2.99. The van der Waals surface area contributed by atoms with Crippen LogP contribution in [0.15, 0.2) is 109 Å². The first kappa shape index (κ1) is 65.7. The standard InChI is InChI=1S/C59H101N2O7P/c1-7-10-13-16-19-22-25-27-29-30-32-34-37-40-43-46-49-52-59(63)68-57(50-47-44-41-38-35-24-21-18-15-12-9-3)56(55-67-69(64,65)66-54-53-61(4,5)6)60-58(62)51-48-45-42-39-36-33-31-28-26-23-20-17-14-11-8-2/h10-11,13-14,17,19-20,22-23,26-27,29,32,34,40,43,47,50,56-57H,7-9,12,15-16,18,21,24-25,28,30-31,33,35-39,41-42,44-46,48-49,51-55H2,1-6H3,(H-,60,62,64,65)/b13-10-,14-11+,20-17+,22-19-,26-23+,29-27-,34-32-,43-40-,50-47+. The molecule has 0 aromatic rings. The van der Waals surface area contributed by atoms with E-state index in [2.05, 4.69) is 123 Å². The number of carbonyl (C=O) groups is 2. The second kappa shape index (κ2) is 48.3. The second-order valence-corrected chi connectivity index (χ2v) is 20.4. The molecule has 1 N–H and O–H groups in total. The Morgan fingerprint density at radius 1 is 0.536 bits per heavy atom. The smallest absolute Gasteiger partial charge is 0.306 e. The zero-order chi connectivity index (χ0) is 50.8. The van der Waals surface area contributed by atoms with Crippen LogP contribution in [0.4, 0.5) is 0 Å². The van der Waals surface area contributed by atoms with Crippen molar-refractivity contribution >= 4 is 19.7 Å². The summed E-state index contributed by atoms with van der Waals surface area (Å²) in [5.41, 5.74) is 0. The number of nitrogens with one attached hydrogen (secondary N) is 1. The first-order chi connectivity index (χ1) is 33.4. The number of phosphoric ester groups is 1. The number of ether oxygens (including phenoxy) is 1. The third-order valence-electron chi connectivity index (χ3n) is 11.3. The summed E-state index contributed by atoms with van der Waals surface area (Å²) >= 11 is 0. The highest BCUT2D eigenvalue weighted by atomic mass is 31.2. The van der Waals surface area contributed by atoms with Gasteiger partial charge in [0.25, 0.3) is 7.82 Å². The van der Waals surface area contributed by atoms with E-state index in [1.165, 1.54) is 64.2 Å². The SMILES string of the molecule is CC/C=C\C/C=C\C/C=C\C/C=C\C/C=C\CCCC(=O)OC(/C=C/CCCCCCCCCCC)C(COP(=O)([O-])OCC[N+](C)(C)C)NC(=O)CCCCCCCCC/C=C/C=C/C=C/CC. The molecule has 394 valence electrons. The first-order valence-electron chi connectivity index (χ1n) is 27.2. The average molecular weight is 981 g/mol. The minimum absolute atomic E-state index is 0.0396. The van der Waals surface area contributed by atoms with Crippen LogP contribution in [0, 0.1) is 0 Å². The van der Waals surface area contributed by atoms with Crippen LogP contribution in [0.5, 0.6) is 0 Å². The van der Waals surface area contributed by atoms with Crippen molar-refractivity contribution < 1.29 is 37.3 Å². The lowest BCUT2D eigenvalue weighted by Gasteiger charge is -2.30. The number of phosphoric acid groups is 1. The molecule has 0 rings (SSSR count). The van der Waals surface area contributed by atoms with E-state index in [0.717, 1.165) is 89.9 Å². The van der Waals surface area contributed by atoms with Gasteiger partial charge in [-0.05, 0) is 89.5 Å². The number of likely N-dealkylation sites (N-methyl/N-ethyl adjacent to an activating group) is 1. The zero-order valence-electron chi connectivity index (χ0n) is 44.7. The largest absolute Gasteiger partial charge is 0.756 e. The third kappa shape index (κ3) is 49.4. The zero-order valence-corrected chi connectivity index (χ0v) is 45.6. The highest BCUT2D eigenvalue weighted by Gasteiger charge is 2.27. The van der Waals surface area contributed by atoms with Gasteiger partial charge in [-0.3, -0.25) is 14.2 Å². The number of amides is 1. The molecular weight excluding hydrogens is 880 g/mol. The van der Waals surface area contributed by atoms with Gasteiger partial charge in [0, 0.05) is 12.8 Å². The van der Waals surface area contributed by atoms with Crippen LogP contribution in [0.2, 0.25) is 0 Å². The van der Waals surface area contributed by atoms with E-state index in [-0.39, 0.29) is 25.4 Å². The van der Waals surface area contributed by atoms with E-state index in [1.54, 1.807) is 6.08 Å². The van der Waals surface area contributed by atoms with Gasteiger partial charge >= 0.3 is 5.97 Å². The van der Waals surface area contributed by atoms with Crippen LogP contribution >= 0.6 is 7.82 Å². The summed E-state index contributed by atoms with van der Waals surface area (Å²) in [6, 6.07) is -0.923. The molecule has 0 spiro atoms. The average Bonchev–Trinajstić information content (AvgIpc) is 3.31. The van der Waals surface area contributed by atoms with Crippen LogP contribution in [-0.2, 0) is 27.9 Å². The quantitative estimate of drug-likeness (QED) is 0.0161. The summed E-state index contributed by atoms with van der Waals surface area (Å²) in [5.74, 6) is -0.635. The number of esters is 1. The maximum absolute atomic E-state index is 13.4. The van der Waals surface area contributed by atoms with Gasteiger partial charge in [0.15, 0.2) is 0 Å². The van der Waals surface area contributed by atoms with Crippen LogP contribution in [0.25, 0.3) is 0 Å². The number of hydrogen-bond donors (Lipinski definition) is 1. The van der Waals surface area contributed by atoms with Crippen molar-refractivity contribution in [3.8, 4) is 0 Å². The third-order valence-corrected chi connectivity index (χ3v) is 12.2. The molecule has 0 heterocycles. The molecule has 0 radical (unpaired) electrons. The fraction of sp³-hybridized carbons (Fsp3) is 0.661. The van der Waals surface area contributed by atoms with Crippen molar-refractivity contribution in [1.82, 2.24) is 5.32 Å². The lowest BCUT2D eigenvalue weighted by Crippen LogP contribution is -2.47. The number of nitrogens with zero attached hydrogens (tertiary/aromatic N) is 1. The van der Waals surface area contributed by atoms with Gasteiger partial charge in [-0.1, -0.05) is 208 Å². The van der Waals surface area contributed by atoms with E-state index < -0.39 is 32.5 Å². The fourth-order valence-corrected chi connectivity index (χ4v) is 7.81. The Hall–Kier alpha value is -3.33. The molecular formula is C59H101N2O7P. The Kier molecular flexibility index (Phi) is 46.0. The summed E-state index contributed by atoms with van der Waals surface area (Å²) in [7, 11) is 1.13. The Morgan fingerprint density at radius 3 is 1.57 bits per heavy atom. The molecule has 0 aliphatic rings. The van der Waals surface area contributed by atoms with Gasteiger partial charge in [0.05, 0.1) is 33.8 Å². The van der Waals surface area contributed by atoms with Crippen molar-refractivity contribution in [2.24, 2.45) is 0 Å². The monoisotopic (exact) mass is 981 g/mol. The first-order valence-corrected chi connectivity index (χ1v) is 28.7. The predicted molar refractivity (Wildman–Crippen MR) is 293 cm³/mol. The second-order valence-electron chi connectivity index (χ2n) is 19.0. The van der Waals surface area contributed by atoms with Gasteiger partial charge in [-0.25, -0.2) is 0 Å². The topological polar surface area (TPSA) is 114 Å². The Balaban J connectivity index is 5.49. The maximum atomic E-state index is 13.4. The Morgan fingerprint density at radius 2 is 1.01 bits per heavy atom. The van der Waals surface area contributed by atoms with E-state index in [9.17, 15) is 19.0 Å². The van der Waals surface area contributed by atoms with Crippen molar-refractivity contribution in [3.05, 3.63) is 109 Å². The Labute approximate surface area is 423 Å². The molecule has 0 aliphatic carbocycles. The molecule has 0 saturated heterocycles. The van der Waals surface area contributed by atoms with Crippen molar-refractivity contribution in [1.29, 1.82) is 0 Å². The number of hydrogen-bond acceptors (Lipinski definition) is 7. The van der Waals surface area contributed by atoms with Gasteiger partial charge < -0.3 is 28.5 Å². The molecule has 0 fully saturated rings. The van der Waals surface area contributed by atoms with Crippen LogP contribution in [0.1, 0.15) is 201 Å². The molecule has 9 nitrogen and oxygen atoms in total. The predicted octanol–water partition coefficient (Wildman–Crippen LogP) is 15.6. The van der Waals surface area contributed by atoms with Gasteiger partial charge in [-0.15, -0.1) is 0 Å². The summed E-state index contributed by atoms with van der Waals surface area (Å²) in [6.07, 6.45) is 64.9. The number of carbonyl (C=O) groups excluding carboxylic acids is 2. The van der Waals surface area contributed by atoms with Crippen molar-refractivity contribution in [2.75, 3.05) is 40.9 Å². The molecule has 0 saturated carbocycles. The minimum Gasteiger partial charge on any atom is -0.756 e. The number of allylic oxidation sites excluding steroid dienone is 17. The minimum atomic E-state index is -4.71. The molecule has 0 bridgehead atoms. The highest BCUT2D eigenvalue weighted by molar-refractivity contribution is 7.45. The highest BCUT2D eigenvalue weighted by Crippen LogP contribution is 2.38. The van der Waals surface area contributed by atoms with Crippen molar-refractivity contribution in [3.63, 3.8) is 0 Å². The number of rotatable bonds is 47. The normalized spacial score (nSPS) is 14.7. The maximum Gasteiger partial charge on any atom is 0.306 e. The van der Waals surface area contributed by atoms with Crippen LogP contribution in [0.3, 0.4) is 0 Å². The molecule has 10 heteroatoms. The van der Waals surface area contributed by atoms with Gasteiger partial charge in [0.1, 0.15) is 19.3 Å². The van der Waals surface area contributed by atoms with E-state index in [1.807, 2.05) is 27.2 Å². The van der Waals surface area contributed by atoms with Crippen LogP contribution < -0.4 is 10.2 Å². The molecule has 3 unspecified atom stereocenters. The number of quaternary nitrogens is 1. The van der Waals surface area contributed by atoms with E-state index in [0.29, 0.717) is 23.9 Å². The summed E-state index contributed by atoms with van der Waals surface area (Å²) in [4.78, 5) is 39.7. The lowest BCUT2D eigenvalue weighted by atomic mass is 10.1. The molecule has 0 aromatic heterocycles. The molecule has 69 heavy (non-hydrogen) atoms. The fourth-order valence-electron chi connectivity index (χ4n) is 7.08. The molecule has 1 amide bonds. The summed E-state index contributed by atoms with van der Waals surface area (Å²) < 4.78 is 30.1. The van der Waals surface area contributed by atoms with Crippen molar-refractivity contribution in [2.45, 2.75) is 213 Å². The van der Waals surface area contributed by atoms with Gasteiger partial charge in [0.2, 0.25) is 5.91 Å². The van der Waals surface area contributed by atoms with Gasteiger partial charge in [-0.2, -0.15) is 0 Å². The lowest BCUT2D eigenvalue weighted by molar-refractivity contribution is -0.870. The van der Waals surface area contributed by atoms with Crippen LogP contribution in [-0.4, -0.2) is 69.4 Å². The molecule has 0 aliphatic heterocycles.